The Bertz CT molecular complexity index is 883. The second-order valence-corrected chi connectivity index (χ2v) is 8.80. The Kier molecular flexibility index (Phi) is 6.07. The van der Waals surface area contributed by atoms with E-state index < -0.39 is 5.54 Å². The highest BCUT2D eigenvalue weighted by atomic mass is 16.2. The minimum absolute atomic E-state index is 0.0501. The molecule has 0 unspecified atom stereocenters. The van der Waals surface area contributed by atoms with Crippen molar-refractivity contribution in [2.75, 3.05) is 12.4 Å². The minimum atomic E-state index is -0.728. The van der Waals surface area contributed by atoms with E-state index >= 15 is 0 Å². The van der Waals surface area contributed by atoms with Gasteiger partial charge in [-0.25, -0.2) is 4.99 Å². The molecule has 1 amide bonds. The first kappa shape index (κ1) is 20.5. The lowest BCUT2D eigenvalue weighted by Gasteiger charge is -2.35. The zero-order valence-electron chi connectivity index (χ0n) is 17.8. The first-order valence-corrected chi connectivity index (χ1v) is 11.0. The summed E-state index contributed by atoms with van der Waals surface area (Å²) in [7, 11) is 1.74. The summed E-state index contributed by atoms with van der Waals surface area (Å²) < 4.78 is 0. The molecule has 1 saturated carbocycles. The van der Waals surface area contributed by atoms with Crippen LogP contribution in [0.3, 0.4) is 0 Å². The maximum atomic E-state index is 13.2. The highest BCUT2D eigenvalue weighted by Gasteiger charge is 2.47. The number of guanidine groups is 1. The topological polar surface area (TPSA) is 70.7 Å². The average molecular weight is 405 g/mol. The van der Waals surface area contributed by atoms with Gasteiger partial charge in [-0.15, -0.1) is 0 Å². The van der Waals surface area contributed by atoms with E-state index in [-0.39, 0.29) is 5.91 Å². The molecule has 3 atom stereocenters. The van der Waals surface area contributed by atoms with Gasteiger partial charge in [0, 0.05) is 18.8 Å². The average Bonchev–Trinajstić information content (AvgIpc) is 2.98. The van der Waals surface area contributed by atoms with Gasteiger partial charge in [-0.2, -0.15) is 0 Å². The molecule has 30 heavy (non-hydrogen) atoms. The number of likely N-dealkylation sites (N-methyl/N-ethyl adjacent to an activating group) is 1. The third-order valence-electron chi connectivity index (χ3n) is 6.60. The number of aliphatic imine (C=N–C) groups is 1. The van der Waals surface area contributed by atoms with E-state index in [9.17, 15) is 4.79 Å². The molecule has 0 saturated heterocycles. The molecular weight excluding hydrogens is 372 g/mol. The van der Waals surface area contributed by atoms with Crippen molar-refractivity contribution in [3.8, 4) is 0 Å². The number of nitrogens with two attached hydrogens (primary N) is 1. The summed E-state index contributed by atoms with van der Waals surface area (Å²) in [6, 6.07) is 21.2. The van der Waals surface area contributed by atoms with Gasteiger partial charge in [0.05, 0.1) is 0 Å². The summed E-state index contributed by atoms with van der Waals surface area (Å²) in [4.78, 5) is 19.5. The van der Waals surface area contributed by atoms with E-state index in [1.807, 2.05) is 24.3 Å². The fourth-order valence-corrected chi connectivity index (χ4v) is 5.01. The molecule has 2 aliphatic rings. The van der Waals surface area contributed by atoms with E-state index in [1.54, 1.807) is 7.05 Å². The Morgan fingerprint density at radius 2 is 1.80 bits per heavy atom. The molecular formula is C25H32N4O. The van der Waals surface area contributed by atoms with Gasteiger partial charge in [-0.05, 0) is 55.7 Å². The van der Waals surface area contributed by atoms with Crippen LogP contribution < -0.4 is 11.1 Å². The number of benzene rings is 2. The fourth-order valence-electron chi connectivity index (χ4n) is 5.01. The molecule has 158 valence electrons. The molecule has 1 aliphatic heterocycles. The number of aryl methyl sites for hydroxylation is 1. The van der Waals surface area contributed by atoms with Gasteiger partial charge in [0.2, 0.25) is 0 Å². The molecule has 4 rings (SSSR count). The second kappa shape index (κ2) is 8.90. The van der Waals surface area contributed by atoms with Crippen molar-refractivity contribution >= 4 is 17.6 Å². The summed E-state index contributed by atoms with van der Waals surface area (Å²) >= 11 is 0. The molecule has 0 radical (unpaired) electrons. The Balaban J connectivity index is 1.47. The number of anilines is 1. The highest BCUT2D eigenvalue weighted by molar-refractivity contribution is 6.06. The maximum Gasteiger partial charge on any atom is 0.257 e. The molecule has 2 aromatic carbocycles. The van der Waals surface area contributed by atoms with Gasteiger partial charge in [-0.1, -0.05) is 61.4 Å². The van der Waals surface area contributed by atoms with Crippen LogP contribution >= 0.6 is 0 Å². The lowest BCUT2D eigenvalue weighted by molar-refractivity contribution is -0.131. The van der Waals surface area contributed by atoms with Crippen LogP contribution in [0.15, 0.2) is 65.7 Å². The van der Waals surface area contributed by atoms with Gasteiger partial charge < -0.3 is 11.1 Å². The van der Waals surface area contributed by atoms with Crippen LogP contribution in [-0.4, -0.2) is 35.4 Å². The Hall–Kier alpha value is -2.82. The van der Waals surface area contributed by atoms with Crippen molar-refractivity contribution in [3.63, 3.8) is 0 Å². The molecule has 2 aromatic rings. The molecule has 0 spiro atoms. The van der Waals surface area contributed by atoms with Crippen molar-refractivity contribution in [2.45, 2.75) is 56.5 Å². The number of nitrogens with zero attached hydrogens (tertiary/aromatic N) is 2. The van der Waals surface area contributed by atoms with Gasteiger partial charge in [0.15, 0.2) is 5.96 Å². The van der Waals surface area contributed by atoms with Crippen LogP contribution in [-0.2, 0) is 11.2 Å². The lowest BCUT2D eigenvalue weighted by Crippen LogP contribution is -2.44. The van der Waals surface area contributed by atoms with Crippen LogP contribution in [0.4, 0.5) is 5.69 Å². The van der Waals surface area contributed by atoms with Crippen molar-refractivity contribution in [2.24, 2.45) is 16.6 Å². The van der Waals surface area contributed by atoms with Crippen molar-refractivity contribution < 1.29 is 4.79 Å². The third kappa shape index (κ3) is 4.50. The number of carbonyl (C=O) groups excluding carboxylic acids is 1. The summed E-state index contributed by atoms with van der Waals surface area (Å²) in [5, 5.41) is 3.68. The molecule has 5 nitrogen and oxygen atoms in total. The van der Waals surface area contributed by atoms with Crippen LogP contribution in [0, 0.1) is 5.92 Å². The van der Waals surface area contributed by atoms with Gasteiger partial charge in [0.25, 0.3) is 5.91 Å². The Morgan fingerprint density at radius 1 is 1.10 bits per heavy atom. The fraction of sp³-hybridized carbons (Fsp3) is 0.440. The summed E-state index contributed by atoms with van der Waals surface area (Å²) in [5.74, 6) is 0.861. The Morgan fingerprint density at radius 3 is 2.47 bits per heavy atom. The van der Waals surface area contributed by atoms with Gasteiger partial charge in [-0.3, -0.25) is 9.69 Å². The van der Waals surface area contributed by atoms with Crippen molar-refractivity contribution in [1.82, 2.24) is 4.90 Å². The summed E-state index contributed by atoms with van der Waals surface area (Å²) in [6.07, 6.45) is 6.86. The van der Waals surface area contributed by atoms with Crippen molar-refractivity contribution in [3.05, 3.63) is 66.2 Å². The first-order chi connectivity index (χ1) is 14.6. The summed E-state index contributed by atoms with van der Waals surface area (Å²) in [6.45, 7) is 0. The third-order valence-corrected chi connectivity index (χ3v) is 6.60. The standard InChI is InChI=1S/C25H32N4O/c1-29-23(30)25(28-24(29)26,16-15-19-9-4-2-5-10-19)18-20-11-8-14-22(17-20)27-21-12-6-3-7-13-21/h2-7,9-10,12-13,20,22,27H,8,11,14-18H2,1H3,(H2,26,28)/t20-,22+,25+/m0/s1. The van der Waals surface area contributed by atoms with Crippen molar-refractivity contribution in [1.29, 1.82) is 0 Å². The SMILES string of the molecule is CN1C(=O)[C@@](CCc2ccccc2)(C[C@H]2CCC[C@@H](Nc3ccccc3)C2)N=C1N. The monoisotopic (exact) mass is 404 g/mol. The lowest BCUT2D eigenvalue weighted by atomic mass is 9.75. The highest BCUT2D eigenvalue weighted by Crippen LogP contribution is 2.39. The number of rotatable bonds is 7. The summed E-state index contributed by atoms with van der Waals surface area (Å²) in [5.41, 5.74) is 7.77. The van der Waals surface area contributed by atoms with Crippen LogP contribution in [0.5, 0.6) is 0 Å². The first-order valence-electron chi connectivity index (χ1n) is 11.0. The molecule has 1 heterocycles. The zero-order valence-corrected chi connectivity index (χ0v) is 17.8. The van der Waals surface area contributed by atoms with E-state index in [2.05, 4.69) is 41.7 Å². The normalized spacial score (nSPS) is 26.5. The Labute approximate surface area is 179 Å². The zero-order chi connectivity index (χ0) is 21.0. The smallest absolute Gasteiger partial charge is 0.257 e. The molecule has 1 aliphatic carbocycles. The number of hydrogen-bond donors (Lipinski definition) is 2. The predicted octanol–water partition coefficient (Wildman–Crippen LogP) is 4.21. The van der Waals surface area contributed by atoms with E-state index in [0.29, 0.717) is 24.3 Å². The number of para-hydroxylation sites is 1. The van der Waals surface area contributed by atoms with E-state index in [4.69, 9.17) is 10.7 Å². The van der Waals surface area contributed by atoms with E-state index in [0.717, 1.165) is 25.7 Å². The quantitative estimate of drug-likeness (QED) is 0.726. The number of carbonyl (C=O) groups is 1. The van der Waals surface area contributed by atoms with Gasteiger partial charge >= 0.3 is 0 Å². The van der Waals surface area contributed by atoms with Gasteiger partial charge in [0.1, 0.15) is 5.54 Å². The van der Waals surface area contributed by atoms with Crippen LogP contribution in [0.2, 0.25) is 0 Å². The minimum Gasteiger partial charge on any atom is -0.382 e. The predicted molar refractivity (Wildman–Crippen MR) is 122 cm³/mol. The molecule has 1 fully saturated rings. The molecule has 0 bridgehead atoms. The maximum absolute atomic E-state index is 13.2. The second-order valence-electron chi connectivity index (χ2n) is 8.80. The molecule has 3 N–H and O–H groups in total. The number of hydrogen-bond acceptors (Lipinski definition) is 4. The van der Waals surface area contributed by atoms with E-state index in [1.165, 1.54) is 29.0 Å². The molecule has 5 heteroatoms. The number of amides is 1. The van der Waals surface area contributed by atoms with Crippen LogP contribution in [0.1, 0.15) is 44.1 Å². The number of nitrogens with one attached hydrogen (secondary N) is 1. The largest absolute Gasteiger partial charge is 0.382 e. The van der Waals surface area contributed by atoms with Crippen LogP contribution in [0.25, 0.3) is 0 Å². The molecule has 0 aromatic heterocycles.